The highest BCUT2D eigenvalue weighted by atomic mass is 35.5. The minimum absolute atomic E-state index is 0.176. The average Bonchev–Trinajstić information content (AvgIpc) is 2.01. The summed E-state index contributed by atoms with van der Waals surface area (Å²) >= 11 is 5.48. The normalized spacial score (nSPS) is 25.2. The van der Waals surface area contributed by atoms with Crippen molar-refractivity contribution in [1.29, 1.82) is 0 Å². The number of hydrogen-bond donors (Lipinski definition) is 0. The summed E-state index contributed by atoms with van der Waals surface area (Å²) in [6.45, 7) is 11.2. The van der Waals surface area contributed by atoms with Gasteiger partial charge in [0.15, 0.2) is 0 Å². The Morgan fingerprint density at radius 3 is 2.29 bits per heavy atom. The fourth-order valence-corrected chi connectivity index (χ4v) is 2.08. The maximum atomic E-state index is 11.0. The summed E-state index contributed by atoms with van der Waals surface area (Å²) in [7, 11) is 0. The van der Waals surface area contributed by atoms with Crippen LogP contribution in [0.3, 0.4) is 0 Å². The molecule has 1 amide bonds. The van der Waals surface area contributed by atoms with Crippen LogP contribution in [0.5, 0.6) is 0 Å². The molecule has 0 unspecified atom stereocenters. The molecule has 1 fully saturated rings. The van der Waals surface area contributed by atoms with Crippen LogP contribution >= 0.6 is 11.6 Å². The lowest BCUT2D eigenvalue weighted by Gasteiger charge is -2.45. The largest absolute Gasteiger partial charge is 0.324 e. The number of amides is 1. The Kier molecular flexibility index (Phi) is 3.43. The van der Waals surface area contributed by atoms with Crippen molar-refractivity contribution in [2.75, 3.05) is 19.6 Å². The maximum Gasteiger partial charge on any atom is 0.316 e. The van der Waals surface area contributed by atoms with Crippen LogP contribution < -0.4 is 0 Å². The minimum Gasteiger partial charge on any atom is -0.324 e. The van der Waals surface area contributed by atoms with Crippen molar-refractivity contribution in [3.8, 4) is 0 Å². The third-order valence-corrected chi connectivity index (χ3v) is 3.02. The Morgan fingerprint density at radius 2 is 1.93 bits per heavy atom. The fraction of sp³-hybridized carbons (Fsp3) is 0.900. The molecule has 4 heteroatoms. The van der Waals surface area contributed by atoms with Gasteiger partial charge in [0.05, 0.1) is 0 Å². The van der Waals surface area contributed by atoms with Crippen molar-refractivity contribution >= 4 is 17.0 Å². The molecule has 0 radical (unpaired) electrons. The number of nitrogens with zero attached hydrogens (tertiary/aromatic N) is 2. The molecule has 1 saturated heterocycles. The molecule has 0 aromatic heterocycles. The molecule has 3 nitrogen and oxygen atoms in total. The Labute approximate surface area is 91.0 Å². The van der Waals surface area contributed by atoms with E-state index in [0.29, 0.717) is 0 Å². The zero-order valence-corrected chi connectivity index (χ0v) is 10.1. The van der Waals surface area contributed by atoms with E-state index < -0.39 is 0 Å². The van der Waals surface area contributed by atoms with Crippen molar-refractivity contribution in [2.45, 2.75) is 39.3 Å². The van der Waals surface area contributed by atoms with Crippen LogP contribution in [0.15, 0.2) is 0 Å². The zero-order valence-electron chi connectivity index (χ0n) is 9.38. The van der Waals surface area contributed by atoms with Gasteiger partial charge in [-0.15, -0.1) is 0 Å². The van der Waals surface area contributed by atoms with E-state index >= 15 is 0 Å². The number of carbonyl (C=O) groups is 1. The number of hydrogen-bond acceptors (Lipinski definition) is 2. The number of carbonyl (C=O) groups excluding carboxylic acids is 1. The zero-order chi connectivity index (χ0) is 10.9. The molecule has 1 atom stereocenters. The Bertz CT molecular complexity index is 225. The number of halogens is 1. The highest BCUT2D eigenvalue weighted by molar-refractivity contribution is 6.62. The van der Waals surface area contributed by atoms with E-state index in [9.17, 15) is 4.79 Å². The molecule has 14 heavy (non-hydrogen) atoms. The second kappa shape index (κ2) is 4.07. The molecule has 0 aromatic rings. The highest BCUT2D eigenvalue weighted by Gasteiger charge is 2.31. The van der Waals surface area contributed by atoms with Gasteiger partial charge in [0.1, 0.15) is 0 Å². The minimum atomic E-state index is -0.328. The molecule has 1 aliphatic heterocycles. The predicted octanol–water partition coefficient (Wildman–Crippen LogP) is 2.15. The van der Waals surface area contributed by atoms with Crippen LogP contribution in [0, 0.1) is 0 Å². The van der Waals surface area contributed by atoms with E-state index in [1.165, 1.54) is 0 Å². The third kappa shape index (κ3) is 2.61. The van der Waals surface area contributed by atoms with Gasteiger partial charge in [-0.3, -0.25) is 9.69 Å². The molecular weight excluding hydrogens is 200 g/mol. The summed E-state index contributed by atoms with van der Waals surface area (Å²) in [6, 6.07) is 0.216. The maximum absolute atomic E-state index is 11.0. The summed E-state index contributed by atoms with van der Waals surface area (Å²) in [6.07, 6.45) is 0. The van der Waals surface area contributed by atoms with Crippen molar-refractivity contribution in [3.63, 3.8) is 0 Å². The van der Waals surface area contributed by atoms with E-state index in [0.717, 1.165) is 19.6 Å². The van der Waals surface area contributed by atoms with Gasteiger partial charge in [-0.2, -0.15) is 0 Å². The van der Waals surface area contributed by atoms with Crippen LogP contribution in [0.2, 0.25) is 0 Å². The van der Waals surface area contributed by atoms with Crippen LogP contribution in [0.1, 0.15) is 27.7 Å². The van der Waals surface area contributed by atoms with Crippen LogP contribution in [-0.2, 0) is 0 Å². The first-order chi connectivity index (χ1) is 6.32. The molecule has 0 saturated carbocycles. The lowest BCUT2D eigenvalue weighted by molar-refractivity contribution is 0.0509. The molecule has 0 bridgehead atoms. The summed E-state index contributed by atoms with van der Waals surface area (Å²) in [5, 5.41) is -0.328. The van der Waals surface area contributed by atoms with Crippen LogP contribution in [0.4, 0.5) is 4.79 Å². The number of piperazine rings is 1. The van der Waals surface area contributed by atoms with Crippen molar-refractivity contribution in [1.82, 2.24) is 9.80 Å². The van der Waals surface area contributed by atoms with E-state index in [1.807, 2.05) is 6.92 Å². The topological polar surface area (TPSA) is 23.6 Å². The van der Waals surface area contributed by atoms with Gasteiger partial charge in [-0.1, -0.05) is 0 Å². The van der Waals surface area contributed by atoms with Gasteiger partial charge in [-0.05, 0) is 39.3 Å². The second-order valence-electron chi connectivity index (χ2n) is 4.91. The lowest BCUT2D eigenvalue weighted by atomic mass is 10.0. The summed E-state index contributed by atoms with van der Waals surface area (Å²) in [4.78, 5) is 15.1. The van der Waals surface area contributed by atoms with Gasteiger partial charge in [0.25, 0.3) is 0 Å². The monoisotopic (exact) mass is 218 g/mol. The van der Waals surface area contributed by atoms with Gasteiger partial charge in [0.2, 0.25) is 0 Å². The van der Waals surface area contributed by atoms with Gasteiger partial charge in [0, 0.05) is 31.2 Å². The van der Waals surface area contributed by atoms with Crippen LogP contribution in [-0.4, -0.2) is 46.4 Å². The number of rotatable bonds is 0. The SMILES string of the molecule is C[C@@H]1CN(C(C)(C)C)CCN1C(=O)Cl. The Morgan fingerprint density at radius 1 is 1.36 bits per heavy atom. The van der Waals surface area contributed by atoms with Crippen LogP contribution in [0.25, 0.3) is 0 Å². The molecule has 1 heterocycles. The molecular formula is C10H19ClN2O. The predicted molar refractivity (Wildman–Crippen MR) is 58.7 cm³/mol. The first kappa shape index (κ1) is 11.8. The van der Waals surface area contributed by atoms with Crippen molar-refractivity contribution in [3.05, 3.63) is 0 Å². The first-order valence-electron chi connectivity index (χ1n) is 5.03. The first-order valence-corrected chi connectivity index (χ1v) is 5.41. The van der Waals surface area contributed by atoms with Crippen molar-refractivity contribution < 1.29 is 4.79 Å². The van der Waals surface area contributed by atoms with E-state index in [2.05, 4.69) is 25.7 Å². The fourth-order valence-electron chi connectivity index (χ4n) is 1.83. The lowest BCUT2D eigenvalue weighted by Crippen LogP contribution is -2.57. The molecule has 0 spiro atoms. The summed E-state index contributed by atoms with van der Waals surface area (Å²) in [5.74, 6) is 0. The van der Waals surface area contributed by atoms with E-state index in [1.54, 1.807) is 4.90 Å². The molecule has 1 aliphatic rings. The Balaban J connectivity index is 2.60. The summed E-state index contributed by atoms with van der Waals surface area (Å²) in [5.41, 5.74) is 0.176. The standard InChI is InChI=1S/C10H19ClN2O/c1-8-7-12(10(2,3)4)5-6-13(8)9(11)14/h8H,5-7H2,1-4H3/t8-/m1/s1. The van der Waals surface area contributed by atoms with Crippen molar-refractivity contribution in [2.24, 2.45) is 0 Å². The van der Waals surface area contributed by atoms with E-state index in [-0.39, 0.29) is 16.9 Å². The molecule has 0 aromatic carbocycles. The second-order valence-corrected chi connectivity index (χ2v) is 5.24. The summed E-state index contributed by atoms with van der Waals surface area (Å²) < 4.78 is 0. The van der Waals surface area contributed by atoms with Gasteiger partial charge >= 0.3 is 5.37 Å². The third-order valence-electron chi connectivity index (χ3n) is 2.80. The smallest absolute Gasteiger partial charge is 0.316 e. The Hall–Kier alpha value is -0.280. The molecule has 0 aliphatic carbocycles. The van der Waals surface area contributed by atoms with Gasteiger partial charge in [-0.25, -0.2) is 0 Å². The van der Waals surface area contributed by atoms with E-state index in [4.69, 9.17) is 11.6 Å². The molecule has 0 N–H and O–H groups in total. The molecule has 82 valence electrons. The average molecular weight is 219 g/mol. The quantitative estimate of drug-likeness (QED) is 0.460. The van der Waals surface area contributed by atoms with Gasteiger partial charge < -0.3 is 4.90 Å². The molecule has 1 rings (SSSR count). The highest BCUT2D eigenvalue weighted by Crippen LogP contribution is 2.19.